The summed E-state index contributed by atoms with van der Waals surface area (Å²) in [6.07, 6.45) is 7.11. The second-order valence-corrected chi connectivity index (χ2v) is 8.59. The zero-order chi connectivity index (χ0) is 22.2. The van der Waals surface area contributed by atoms with Crippen LogP contribution in [0.4, 0.5) is 0 Å². The molecule has 0 atom stereocenters. The zero-order valence-electron chi connectivity index (χ0n) is 18.6. The average molecular weight is 433 g/mol. The number of carbonyl (C=O) groups is 2. The summed E-state index contributed by atoms with van der Waals surface area (Å²) in [4.78, 5) is 29.8. The second-order valence-electron chi connectivity index (χ2n) is 8.59. The van der Waals surface area contributed by atoms with Crippen molar-refractivity contribution in [3.8, 4) is 0 Å². The molecule has 3 aromatic rings. The fraction of sp³-hybridized carbons (Fsp3) is 0.423. The summed E-state index contributed by atoms with van der Waals surface area (Å²) in [5.74, 6) is 1.22. The van der Waals surface area contributed by atoms with E-state index in [9.17, 15) is 9.59 Å². The lowest BCUT2D eigenvalue weighted by molar-refractivity contribution is -0.126. The van der Waals surface area contributed by atoms with Gasteiger partial charge < -0.3 is 15.2 Å². The van der Waals surface area contributed by atoms with Crippen molar-refractivity contribution in [2.45, 2.75) is 58.0 Å². The smallest absolute Gasteiger partial charge is 0.240 e. The van der Waals surface area contributed by atoms with Crippen LogP contribution in [0.5, 0.6) is 0 Å². The number of amides is 2. The van der Waals surface area contributed by atoms with E-state index in [1.165, 1.54) is 6.42 Å². The first-order valence-corrected chi connectivity index (χ1v) is 11.7. The van der Waals surface area contributed by atoms with Gasteiger partial charge in [0.25, 0.3) is 0 Å². The molecule has 2 amide bonds. The molecule has 0 aliphatic heterocycles. The van der Waals surface area contributed by atoms with Crippen LogP contribution in [0.25, 0.3) is 11.0 Å². The van der Waals surface area contributed by atoms with Gasteiger partial charge in [0, 0.05) is 25.4 Å². The van der Waals surface area contributed by atoms with Gasteiger partial charge in [-0.1, -0.05) is 61.7 Å². The molecular weight excluding hydrogens is 400 g/mol. The molecule has 1 fully saturated rings. The first kappa shape index (κ1) is 22.1. The van der Waals surface area contributed by atoms with Gasteiger partial charge in [-0.05, 0) is 37.0 Å². The fourth-order valence-corrected chi connectivity index (χ4v) is 4.46. The number of rotatable bonds is 9. The molecule has 0 saturated heterocycles. The van der Waals surface area contributed by atoms with E-state index in [4.69, 9.17) is 4.98 Å². The molecule has 4 rings (SSSR count). The molecule has 6 nitrogen and oxygen atoms in total. The van der Waals surface area contributed by atoms with Crippen molar-refractivity contribution >= 4 is 22.8 Å². The molecule has 32 heavy (non-hydrogen) atoms. The predicted molar refractivity (Wildman–Crippen MR) is 126 cm³/mol. The number of hydrogen-bond donors (Lipinski definition) is 2. The van der Waals surface area contributed by atoms with Gasteiger partial charge in [0.15, 0.2) is 0 Å². The Kier molecular flexibility index (Phi) is 7.54. The molecule has 0 radical (unpaired) electrons. The number of nitrogens with one attached hydrogen (secondary N) is 2. The molecule has 168 valence electrons. The number of hydrogen-bond acceptors (Lipinski definition) is 3. The number of aryl methyl sites for hydroxylation is 1. The average Bonchev–Trinajstić information content (AvgIpc) is 3.18. The van der Waals surface area contributed by atoms with Crippen LogP contribution in [0.3, 0.4) is 0 Å². The van der Waals surface area contributed by atoms with Gasteiger partial charge in [-0.15, -0.1) is 0 Å². The lowest BCUT2D eigenvalue weighted by atomic mass is 9.89. The molecule has 1 saturated carbocycles. The van der Waals surface area contributed by atoms with Crippen LogP contribution in [-0.2, 0) is 29.1 Å². The summed E-state index contributed by atoms with van der Waals surface area (Å²) >= 11 is 0. The number of aromatic nitrogens is 2. The van der Waals surface area contributed by atoms with Crippen LogP contribution in [0.2, 0.25) is 0 Å². The topological polar surface area (TPSA) is 76.0 Å². The number of benzene rings is 2. The van der Waals surface area contributed by atoms with Gasteiger partial charge in [0.05, 0.1) is 11.0 Å². The van der Waals surface area contributed by atoms with E-state index in [-0.39, 0.29) is 24.3 Å². The molecule has 2 N–H and O–H groups in total. The Morgan fingerprint density at radius 2 is 1.69 bits per heavy atom. The highest BCUT2D eigenvalue weighted by Crippen LogP contribution is 2.23. The van der Waals surface area contributed by atoms with E-state index in [1.54, 1.807) is 0 Å². The summed E-state index contributed by atoms with van der Waals surface area (Å²) in [7, 11) is 0. The number of fused-ring (bicyclic) bond motifs is 1. The summed E-state index contributed by atoms with van der Waals surface area (Å²) in [6.45, 7) is 1.38. The van der Waals surface area contributed by atoms with Crippen molar-refractivity contribution in [2.24, 2.45) is 5.92 Å². The number of carbonyl (C=O) groups excluding carboxylic acids is 2. The maximum absolute atomic E-state index is 12.7. The Hall–Kier alpha value is -3.15. The van der Waals surface area contributed by atoms with Crippen LogP contribution < -0.4 is 10.6 Å². The van der Waals surface area contributed by atoms with Crippen molar-refractivity contribution in [2.75, 3.05) is 6.54 Å². The summed E-state index contributed by atoms with van der Waals surface area (Å²) in [5, 5.41) is 6.10. The number of para-hydroxylation sites is 2. The van der Waals surface area contributed by atoms with Gasteiger partial charge in [-0.25, -0.2) is 4.98 Å². The molecule has 1 aliphatic carbocycles. The van der Waals surface area contributed by atoms with Crippen LogP contribution in [0, 0.1) is 5.92 Å². The van der Waals surface area contributed by atoms with Crippen molar-refractivity contribution in [1.29, 1.82) is 0 Å². The van der Waals surface area contributed by atoms with Gasteiger partial charge in [-0.3, -0.25) is 9.59 Å². The van der Waals surface area contributed by atoms with Crippen LogP contribution in [0.15, 0.2) is 54.6 Å². The standard InChI is InChI=1S/C26H32N4O2/c31-25(28-18-20-10-3-1-4-11-20)19-30-23-15-8-7-14-22(23)29-24(30)16-9-17-27-26(32)21-12-5-2-6-13-21/h1,3-4,7-8,10-11,14-15,21H,2,5-6,9,12-13,16-19H2,(H,27,32)(H,28,31). The SMILES string of the molecule is O=C(Cn1c(CCCNC(=O)C2CCCCC2)nc2ccccc21)NCc1ccccc1. The molecule has 1 aliphatic rings. The predicted octanol–water partition coefficient (Wildman–Crippen LogP) is 3.98. The minimum atomic E-state index is -0.0381. The highest BCUT2D eigenvalue weighted by Gasteiger charge is 2.20. The highest BCUT2D eigenvalue weighted by molar-refractivity contribution is 5.81. The van der Waals surface area contributed by atoms with E-state index in [1.807, 2.05) is 59.2 Å². The summed E-state index contributed by atoms with van der Waals surface area (Å²) in [6, 6.07) is 17.8. The van der Waals surface area contributed by atoms with E-state index in [2.05, 4.69) is 10.6 Å². The molecule has 1 heterocycles. The largest absolute Gasteiger partial charge is 0.356 e. The number of nitrogens with zero attached hydrogens (tertiary/aromatic N) is 2. The lowest BCUT2D eigenvalue weighted by Gasteiger charge is -2.20. The number of imidazole rings is 1. The summed E-state index contributed by atoms with van der Waals surface area (Å²) in [5.41, 5.74) is 2.93. The maximum atomic E-state index is 12.7. The van der Waals surface area contributed by atoms with Crippen molar-refractivity contribution in [3.63, 3.8) is 0 Å². The van der Waals surface area contributed by atoms with Gasteiger partial charge >= 0.3 is 0 Å². The van der Waals surface area contributed by atoms with E-state index in [0.717, 1.165) is 54.5 Å². The van der Waals surface area contributed by atoms with Crippen molar-refractivity contribution in [1.82, 2.24) is 20.2 Å². The molecule has 0 unspecified atom stereocenters. The maximum Gasteiger partial charge on any atom is 0.240 e. The molecular formula is C26H32N4O2. The van der Waals surface area contributed by atoms with E-state index in [0.29, 0.717) is 19.5 Å². The minimum absolute atomic E-state index is 0.0381. The van der Waals surface area contributed by atoms with Crippen LogP contribution >= 0.6 is 0 Å². The third-order valence-corrected chi connectivity index (χ3v) is 6.22. The van der Waals surface area contributed by atoms with Crippen molar-refractivity contribution < 1.29 is 9.59 Å². The Balaban J connectivity index is 1.34. The Bertz CT molecular complexity index is 1040. The van der Waals surface area contributed by atoms with Gasteiger partial charge in [0.2, 0.25) is 11.8 Å². The molecule has 6 heteroatoms. The third kappa shape index (κ3) is 5.75. The van der Waals surface area contributed by atoms with Gasteiger partial charge in [-0.2, -0.15) is 0 Å². The first-order chi connectivity index (χ1) is 15.7. The second kappa shape index (κ2) is 10.9. The monoisotopic (exact) mass is 432 g/mol. The Labute approximate surface area is 189 Å². The fourth-order valence-electron chi connectivity index (χ4n) is 4.46. The Morgan fingerprint density at radius 3 is 2.50 bits per heavy atom. The third-order valence-electron chi connectivity index (χ3n) is 6.22. The van der Waals surface area contributed by atoms with E-state index < -0.39 is 0 Å². The van der Waals surface area contributed by atoms with Crippen LogP contribution in [-0.4, -0.2) is 27.9 Å². The molecule has 0 spiro atoms. The first-order valence-electron chi connectivity index (χ1n) is 11.7. The minimum Gasteiger partial charge on any atom is -0.356 e. The van der Waals surface area contributed by atoms with Gasteiger partial charge in [0.1, 0.15) is 12.4 Å². The summed E-state index contributed by atoms with van der Waals surface area (Å²) < 4.78 is 2.00. The normalized spacial score (nSPS) is 14.4. The highest BCUT2D eigenvalue weighted by atomic mass is 16.2. The molecule has 1 aromatic heterocycles. The lowest BCUT2D eigenvalue weighted by Crippen LogP contribution is -2.32. The zero-order valence-corrected chi connectivity index (χ0v) is 18.6. The van der Waals surface area contributed by atoms with E-state index >= 15 is 0 Å². The molecule has 2 aromatic carbocycles. The quantitative estimate of drug-likeness (QED) is 0.502. The van der Waals surface area contributed by atoms with Crippen LogP contribution in [0.1, 0.15) is 49.9 Å². The van der Waals surface area contributed by atoms with Crippen molar-refractivity contribution in [3.05, 3.63) is 66.0 Å². The Morgan fingerprint density at radius 1 is 0.938 bits per heavy atom. The molecule has 0 bridgehead atoms.